The molecule has 3 N–H and O–H groups in total. The Balaban J connectivity index is 1.96. The van der Waals surface area contributed by atoms with E-state index in [0.29, 0.717) is 34.3 Å². The van der Waals surface area contributed by atoms with E-state index in [-0.39, 0.29) is 17.4 Å². The molecule has 2 rings (SSSR count). The summed E-state index contributed by atoms with van der Waals surface area (Å²) in [5.74, 6) is 1.14. The number of amides is 1. The van der Waals surface area contributed by atoms with Gasteiger partial charge < -0.3 is 15.5 Å². The molecular weight excluding hydrogens is 454 g/mol. The Hall–Kier alpha value is -2.92. The molecule has 0 spiro atoms. The van der Waals surface area contributed by atoms with E-state index in [2.05, 4.69) is 69.1 Å². The molecule has 5 heteroatoms. The third kappa shape index (κ3) is 8.99. The van der Waals surface area contributed by atoms with Crippen LogP contribution >= 0.6 is 11.8 Å². The standard InChI is InChI=1S/C30H39NO3S/c1-6-8-12-26(20-27-28(32)13-9-14-29(27)33)22(4)30(34)31-23(5)35-19-10-11-24-15-17-25(18-16-24)21(3)7-2/h9-11,13-18,21,32-33H,5-8,12,19-20H2,1-4H3,(H,31,34)/b11-10+,26-22+. The molecule has 2 aromatic rings. The van der Waals surface area contributed by atoms with Crippen molar-refractivity contribution in [2.45, 2.75) is 65.7 Å². The lowest BCUT2D eigenvalue weighted by Crippen LogP contribution is -2.23. The summed E-state index contributed by atoms with van der Waals surface area (Å²) >= 11 is 1.48. The van der Waals surface area contributed by atoms with Crippen LogP contribution in [0.1, 0.15) is 76.0 Å². The molecule has 35 heavy (non-hydrogen) atoms. The molecule has 0 aliphatic carbocycles. The van der Waals surface area contributed by atoms with Gasteiger partial charge in [0, 0.05) is 23.3 Å². The second-order valence-corrected chi connectivity index (χ2v) is 9.97. The molecule has 1 amide bonds. The lowest BCUT2D eigenvalue weighted by molar-refractivity contribution is -0.116. The van der Waals surface area contributed by atoms with Gasteiger partial charge in [0.25, 0.3) is 5.91 Å². The van der Waals surface area contributed by atoms with Crippen molar-refractivity contribution in [3.8, 4) is 11.5 Å². The largest absolute Gasteiger partial charge is 0.508 e. The van der Waals surface area contributed by atoms with Crippen molar-refractivity contribution in [1.82, 2.24) is 5.32 Å². The SMILES string of the molecule is C=C(NC(=O)/C(C)=C(\CCCC)Cc1c(O)cccc1O)SC/C=C/c1ccc(C(C)CC)cc1. The van der Waals surface area contributed by atoms with Gasteiger partial charge in [-0.15, -0.1) is 11.8 Å². The summed E-state index contributed by atoms with van der Waals surface area (Å²) in [6.07, 6.45) is 8.24. The highest BCUT2D eigenvalue weighted by molar-refractivity contribution is 8.03. The maximum absolute atomic E-state index is 12.9. The molecule has 0 heterocycles. The summed E-state index contributed by atoms with van der Waals surface area (Å²) in [5, 5.41) is 23.8. The molecular formula is C30H39NO3S. The van der Waals surface area contributed by atoms with Gasteiger partial charge in [-0.2, -0.15) is 0 Å². The predicted molar refractivity (Wildman–Crippen MR) is 150 cm³/mol. The number of carbonyl (C=O) groups excluding carboxylic acids is 1. The van der Waals surface area contributed by atoms with E-state index in [0.717, 1.165) is 36.8 Å². The number of aromatic hydroxyl groups is 2. The van der Waals surface area contributed by atoms with Crippen molar-refractivity contribution >= 4 is 23.7 Å². The number of hydrogen-bond donors (Lipinski definition) is 3. The van der Waals surface area contributed by atoms with Gasteiger partial charge in [0.15, 0.2) is 0 Å². The van der Waals surface area contributed by atoms with Gasteiger partial charge >= 0.3 is 0 Å². The molecule has 1 atom stereocenters. The molecule has 0 saturated heterocycles. The van der Waals surface area contributed by atoms with Crippen molar-refractivity contribution < 1.29 is 15.0 Å². The van der Waals surface area contributed by atoms with Crippen molar-refractivity contribution in [1.29, 1.82) is 0 Å². The maximum atomic E-state index is 12.9. The molecule has 1 unspecified atom stereocenters. The molecule has 0 saturated carbocycles. The number of phenolic OH excluding ortho intramolecular Hbond substituents is 2. The molecule has 0 aromatic heterocycles. The number of phenols is 2. The fourth-order valence-corrected chi connectivity index (χ4v) is 4.24. The zero-order valence-corrected chi connectivity index (χ0v) is 22.3. The topological polar surface area (TPSA) is 69.6 Å². The van der Waals surface area contributed by atoms with Crippen LogP contribution in [0.5, 0.6) is 11.5 Å². The van der Waals surface area contributed by atoms with Crippen LogP contribution < -0.4 is 5.32 Å². The third-order valence-corrected chi connectivity index (χ3v) is 7.06. The predicted octanol–water partition coefficient (Wildman–Crippen LogP) is 7.69. The number of nitrogens with one attached hydrogen (secondary N) is 1. The van der Waals surface area contributed by atoms with E-state index < -0.39 is 0 Å². The molecule has 0 bridgehead atoms. The number of benzene rings is 2. The molecule has 0 fully saturated rings. The average Bonchev–Trinajstić information content (AvgIpc) is 2.85. The van der Waals surface area contributed by atoms with E-state index in [1.807, 2.05) is 0 Å². The van der Waals surface area contributed by atoms with Gasteiger partial charge in [-0.05, 0) is 55.4 Å². The van der Waals surface area contributed by atoms with Crippen LogP contribution in [0, 0.1) is 0 Å². The Bertz CT molecular complexity index is 1030. The Morgan fingerprint density at radius 1 is 1.11 bits per heavy atom. The Labute approximate surface area is 214 Å². The zero-order chi connectivity index (χ0) is 25.8. The third-order valence-electron chi connectivity index (χ3n) is 6.25. The maximum Gasteiger partial charge on any atom is 0.251 e. The van der Waals surface area contributed by atoms with Crippen molar-refractivity contribution in [3.63, 3.8) is 0 Å². The van der Waals surface area contributed by atoms with Gasteiger partial charge in [-0.1, -0.05) is 81.8 Å². The van der Waals surface area contributed by atoms with E-state index >= 15 is 0 Å². The van der Waals surface area contributed by atoms with Crippen LogP contribution in [-0.4, -0.2) is 21.9 Å². The number of unbranched alkanes of at least 4 members (excludes halogenated alkanes) is 1. The minimum Gasteiger partial charge on any atom is -0.508 e. The van der Waals surface area contributed by atoms with Gasteiger partial charge in [0.2, 0.25) is 0 Å². The number of thioether (sulfide) groups is 1. The summed E-state index contributed by atoms with van der Waals surface area (Å²) in [4.78, 5) is 12.9. The first-order valence-corrected chi connectivity index (χ1v) is 13.3. The first kappa shape index (κ1) is 28.3. The Kier molecular flexibility index (Phi) is 11.7. The smallest absolute Gasteiger partial charge is 0.251 e. The molecule has 0 aliphatic rings. The van der Waals surface area contributed by atoms with Crippen LogP contribution in [0.25, 0.3) is 6.08 Å². The number of rotatable bonds is 13. The fraction of sp³-hybridized carbons (Fsp3) is 0.367. The number of carbonyl (C=O) groups is 1. The second-order valence-electron chi connectivity index (χ2n) is 8.85. The first-order chi connectivity index (χ1) is 16.8. The first-order valence-electron chi connectivity index (χ1n) is 12.3. The summed E-state index contributed by atoms with van der Waals surface area (Å²) < 4.78 is 0. The normalized spacial score (nSPS) is 12.9. The summed E-state index contributed by atoms with van der Waals surface area (Å²) in [6, 6.07) is 13.3. The van der Waals surface area contributed by atoms with Crippen molar-refractivity contribution in [2.24, 2.45) is 0 Å². The highest BCUT2D eigenvalue weighted by Crippen LogP contribution is 2.31. The lowest BCUT2D eigenvalue weighted by Gasteiger charge is -2.15. The quantitative estimate of drug-likeness (QED) is 0.250. The van der Waals surface area contributed by atoms with E-state index in [1.54, 1.807) is 25.1 Å². The number of allylic oxidation sites excluding steroid dienone is 1. The van der Waals surface area contributed by atoms with Crippen LogP contribution in [0.2, 0.25) is 0 Å². The second kappa shape index (κ2) is 14.5. The molecule has 2 aromatic carbocycles. The van der Waals surface area contributed by atoms with Gasteiger partial charge in [0.05, 0.1) is 5.03 Å². The van der Waals surface area contributed by atoms with Gasteiger partial charge in [-0.25, -0.2) is 0 Å². The zero-order valence-electron chi connectivity index (χ0n) is 21.4. The molecule has 4 nitrogen and oxygen atoms in total. The molecule has 0 aliphatic heterocycles. The van der Waals surface area contributed by atoms with Crippen molar-refractivity contribution in [3.05, 3.63) is 88.0 Å². The van der Waals surface area contributed by atoms with E-state index in [1.165, 1.54) is 17.3 Å². The molecule has 0 radical (unpaired) electrons. The lowest BCUT2D eigenvalue weighted by atomic mass is 9.94. The Morgan fingerprint density at radius 2 is 1.77 bits per heavy atom. The highest BCUT2D eigenvalue weighted by Gasteiger charge is 2.16. The number of hydrogen-bond acceptors (Lipinski definition) is 4. The fourth-order valence-electron chi connectivity index (χ4n) is 3.68. The van der Waals surface area contributed by atoms with Gasteiger partial charge in [-0.3, -0.25) is 4.79 Å². The van der Waals surface area contributed by atoms with Crippen molar-refractivity contribution in [2.75, 3.05) is 5.75 Å². The van der Waals surface area contributed by atoms with Crippen LogP contribution in [0.4, 0.5) is 0 Å². The summed E-state index contributed by atoms with van der Waals surface area (Å²) in [6.45, 7) is 12.3. The average molecular weight is 494 g/mol. The summed E-state index contributed by atoms with van der Waals surface area (Å²) in [7, 11) is 0. The van der Waals surface area contributed by atoms with E-state index in [4.69, 9.17) is 0 Å². The minimum absolute atomic E-state index is 0.0356. The highest BCUT2D eigenvalue weighted by atomic mass is 32.2. The monoisotopic (exact) mass is 493 g/mol. The van der Waals surface area contributed by atoms with Crippen LogP contribution in [-0.2, 0) is 11.2 Å². The minimum atomic E-state index is -0.201. The van der Waals surface area contributed by atoms with E-state index in [9.17, 15) is 15.0 Å². The molecule has 188 valence electrons. The van der Waals surface area contributed by atoms with Gasteiger partial charge in [0.1, 0.15) is 11.5 Å². The Morgan fingerprint density at radius 3 is 2.37 bits per heavy atom. The van der Waals surface area contributed by atoms with Crippen LogP contribution in [0.15, 0.2) is 71.3 Å². The van der Waals surface area contributed by atoms with Crippen LogP contribution in [0.3, 0.4) is 0 Å². The summed E-state index contributed by atoms with van der Waals surface area (Å²) in [5.41, 5.74) is 4.45.